The summed E-state index contributed by atoms with van der Waals surface area (Å²) in [7, 11) is 0. The van der Waals surface area contributed by atoms with E-state index in [-0.39, 0.29) is 5.91 Å². The third kappa shape index (κ3) is 4.55. The van der Waals surface area contributed by atoms with Crippen LogP contribution in [-0.4, -0.2) is 30.4 Å². The van der Waals surface area contributed by atoms with Crippen LogP contribution in [0.15, 0.2) is 28.7 Å². The van der Waals surface area contributed by atoms with E-state index in [0.717, 1.165) is 61.7 Å². The maximum absolute atomic E-state index is 12.4. The van der Waals surface area contributed by atoms with Gasteiger partial charge in [0.2, 0.25) is 0 Å². The number of likely N-dealkylation sites (tertiary alicyclic amines) is 1. The number of hydrogen-bond acceptors (Lipinski definition) is 3. The Balaban J connectivity index is 1.45. The Morgan fingerprint density at radius 1 is 1.15 bits per heavy atom. The Kier molecular flexibility index (Phi) is 5.82. The summed E-state index contributed by atoms with van der Waals surface area (Å²) in [5.41, 5.74) is 4.32. The summed E-state index contributed by atoms with van der Waals surface area (Å²) in [5, 5.41) is 3.13. The fourth-order valence-electron chi connectivity index (χ4n) is 3.83. The Morgan fingerprint density at radius 2 is 1.88 bits per heavy atom. The maximum atomic E-state index is 12.4. The van der Waals surface area contributed by atoms with Crippen molar-refractivity contribution < 1.29 is 9.21 Å². The number of nitrogens with one attached hydrogen (secondary N) is 1. The summed E-state index contributed by atoms with van der Waals surface area (Å²) < 4.78 is 5.63. The lowest BCUT2D eigenvalue weighted by Crippen LogP contribution is -2.38. The first-order valence-corrected chi connectivity index (χ1v) is 9.56. The SMILES string of the molecule is Cc1ccc(C(=O)NCC2CCN(Cc3cc(C)oc3C)CC2)c(C)c1. The molecule has 140 valence electrons. The van der Waals surface area contributed by atoms with Gasteiger partial charge in [-0.15, -0.1) is 0 Å². The summed E-state index contributed by atoms with van der Waals surface area (Å²) in [6.07, 6.45) is 2.26. The van der Waals surface area contributed by atoms with E-state index in [1.807, 2.05) is 32.9 Å². The van der Waals surface area contributed by atoms with Crippen LogP contribution in [0.25, 0.3) is 0 Å². The topological polar surface area (TPSA) is 45.5 Å². The molecule has 1 fully saturated rings. The van der Waals surface area contributed by atoms with Crippen LogP contribution >= 0.6 is 0 Å². The second kappa shape index (κ2) is 8.09. The normalized spacial score (nSPS) is 16.0. The van der Waals surface area contributed by atoms with Crippen molar-refractivity contribution in [2.45, 2.75) is 47.1 Å². The summed E-state index contributed by atoms with van der Waals surface area (Å²) in [6.45, 7) is 12.0. The Hall–Kier alpha value is -2.07. The molecule has 4 nitrogen and oxygen atoms in total. The number of nitrogens with zero attached hydrogens (tertiary/aromatic N) is 1. The number of carbonyl (C=O) groups excluding carboxylic acids is 1. The highest BCUT2D eigenvalue weighted by Crippen LogP contribution is 2.21. The van der Waals surface area contributed by atoms with E-state index in [1.165, 1.54) is 11.1 Å². The van der Waals surface area contributed by atoms with E-state index in [2.05, 4.69) is 29.3 Å². The predicted molar refractivity (Wildman–Crippen MR) is 104 cm³/mol. The molecule has 0 bridgehead atoms. The minimum absolute atomic E-state index is 0.0504. The molecule has 1 saturated heterocycles. The molecule has 1 amide bonds. The molecule has 2 heterocycles. The summed E-state index contributed by atoms with van der Waals surface area (Å²) >= 11 is 0. The molecule has 1 aliphatic rings. The van der Waals surface area contributed by atoms with Gasteiger partial charge in [-0.1, -0.05) is 17.7 Å². The van der Waals surface area contributed by atoms with Crippen LogP contribution < -0.4 is 5.32 Å². The third-order valence-electron chi connectivity index (χ3n) is 5.42. The highest BCUT2D eigenvalue weighted by atomic mass is 16.3. The van der Waals surface area contributed by atoms with Crippen LogP contribution in [0.3, 0.4) is 0 Å². The lowest BCUT2D eigenvalue weighted by molar-refractivity contribution is 0.0934. The number of benzene rings is 1. The second-order valence-corrected chi connectivity index (χ2v) is 7.69. The lowest BCUT2D eigenvalue weighted by atomic mass is 9.96. The van der Waals surface area contributed by atoms with E-state index in [9.17, 15) is 4.79 Å². The van der Waals surface area contributed by atoms with Crippen LogP contribution in [0.1, 0.15) is 51.4 Å². The number of piperidine rings is 1. The number of carbonyl (C=O) groups is 1. The van der Waals surface area contributed by atoms with Crippen molar-refractivity contribution in [1.82, 2.24) is 10.2 Å². The quantitative estimate of drug-likeness (QED) is 0.877. The fourth-order valence-corrected chi connectivity index (χ4v) is 3.83. The van der Waals surface area contributed by atoms with E-state index in [0.29, 0.717) is 5.92 Å². The largest absolute Gasteiger partial charge is 0.466 e. The van der Waals surface area contributed by atoms with Crippen LogP contribution in [0.2, 0.25) is 0 Å². The van der Waals surface area contributed by atoms with Crippen molar-refractivity contribution in [3.63, 3.8) is 0 Å². The average Bonchev–Trinajstić information content (AvgIpc) is 2.91. The molecule has 0 atom stereocenters. The highest BCUT2D eigenvalue weighted by Gasteiger charge is 2.21. The Bertz CT molecular complexity index is 770. The first-order chi connectivity index (χ1) is 12.4. The van der Waals surface area contributed by atoms with Crippen LogP contribution in [0, 0.1) is 33.6 Å². The molecular weight excluding hydrogens is 324 g/mol. The summed E-state index contributed by atoms with van der Waals surface area (Å²) in [6, 6.07) is 8.14. The van der Waals surface area contributed by atoms with Gasteiger partial charge in [0.1, 0.15) is 11.5 Å². The van der Waals surface area contributed by atoms with Gasteiger partial charge in [-0.2, -0.15) is 0 Å². The zero-order chi connectivity index (χ0) is 18.7. The molecule has 3 rings (SSSR count). The molecule has 0 spiro atoms. The van der Waals surface area contributed by atoms with Gasteiger partial charge in [-0.25, -0.2) is 0 Å². The third-order valence-corrected chi connectivity index (χ3v) is 5.42. The summed E-state index contributed by atoms with van der Waals surface area (Å²) in [4.78, 5) is 14.9. The van der Waals surface area contributed by atoms with Gasteiger partial charge in [0.05, 0.1) is 0 Å². The zero-order valence-corrected chi connectivity index (χ0v) is 16.4. The molecule has 0 saturated carbocycles. The van der Waals surface area contributed by atoms with Crippen molar-refractivity contribution in [1.29, 1.82) is 0 Å². The minimum Gasteiger partial charge on any atom is -0.466 e. The van der Waals surface area contributed by atoms with Crippen molar-refractivity contribution in [2.24, 2.45) is 5.92 Å². The molecule has 4 heteroatoms. The van der Waals surface area contributed by atoms with E-state index in [1.54, 1.807) is 0 Å². The van der Waals surface area contributed by atoms with E-state index >= 15 is 0 Å². The van der Waals surface area contributed by atoms with Crippen LogP contribution in [0.4, 0.5) is 0 Å². The van der Waals surface area contributed by atoms with Gasteiger partial charge in [0.15, 0.2) is 0 Å². The predicted octanol–water partition coefficient (Wildman–Crippen LogP) is 4.16. The summed E-state index contributed by atoms with van der Waals surface area (Å²) in [5.74, 6) is 2.63. The zero-order valence-electron chi connectivity index (χ0n) is 16.4. The van der Waals surface area contributed by atoms with Crippen molar-refractivity contribution in [2.75, 3.05) is 19.6 Å². The lowest BCUT2D eigenvalue weighted by Gasteiger charge is -2.31. The van der Waals surface area contributed by atoms with Crippen molar-refractivity contribution >= 4 is 5.91 Å². The first-order valence-electron chi connectivity index (χ1n) is 9.56. The second-order valence-electron chi connectivity index (χ2n) is 7.69. The standard InChI is InChI=1S/C22H30N2O2/c1-15-5-6-21(16(2)11-15)22(25)23-13-19-7-9-24(10-8-19)14-20-12-17(3)26-18(20)4/h5-6,11-12,19H,7-10,13-14H2,1-4H3,(H,23,25). The number of furan rings is 1. The number of rotatable bonds is 5. The number of aryl methyl sites for hydroxylation is 4. The Morgan fingerprint density at radius 3 is 2.50 bits per heavy atom. The molecule has 2 aromatic rings. The molecule has 26 heavy (non-hydrogen) atoms. The molecule has 1 aromatic heterocycles. The van der Waals surface area contributed by atoms with Crippen LogP contribution in [0.5, 0.6) is 0 Å². The van der Waals surface area contributed by atoms with Gasteiger partial charge < -0.3 is 9.73 Å². The molecule has 1 aliphatic heterocycles. The average molecular weight is 354 g/mol. The Labute approximate surface area is 156 Å². The number of amides is 1. The van der Waals surface area contributed by atoms with Crippen molar-refractivity contribution in [3.8, 4) is 0 Å². The minimum atomic E-state index is 0.0504. The molecule has 0 radical (unpaired) electrons. The molecule has 1 N–H and O–H groups in total. The van der Waals surface area contributed by atoms with Gasteiger partial charge >= 0.3 is 0 Å². The molecule has 1 aromatic carbocycles. The molecular formula is C22H30N2O2. The fraction of sp³-hybridized carbons (Fsp3) is 0.500. The maximum Gasteiger partial charge on any atom is 0.251 e. The first kappa shape index (κ1) is 18.7. The van der Waals surface area contributed by atoms with Crippen molar-refractivity contribution in [3.05, 3.63) is 58.0 Å². The van der Waals surface area contributed by atoms with Gasteiger partial charge in [0.25, 0.3) is 5.91 Å². The highest BCUT2D eigenvalue weighted by molar-refractivity contribution is 5.95. The van der Waals surface area contributed by atoms with E-state index in [4.69, 9.17) is 4.42 Å². The van der Waals surface area contributed by atoms with Gasteiger partial charge in [-0.05, 0) is 77.2 Å². The molecule has 0 unspecified atom stereocenters. The van der Waals surface area contributed by atoms with Gasteiger partial charge in [0, 0.05) is 24.2 Å². The van der Waals surface area contributed by atoms with Gasteiger partial charge in [-0.3, -0.25) is 9.69 Å². The van der Waals surface area contributed by atoms with Crippen LogP contribution in [-0.2, 0) is 6.54 Å². The smallest absolute Gasteiger partial charge is 0.251 e. The monoisotopic (exact) mass is 354 g/mol. The molecule has 0 aliphatic carbocycles. The number of hydrogen-bond donors (Lipinski definition) is 1. The van der Waals surface area contributed by atoms with E-state index < -0.39 is 0 Å².